The van der Waals surface area contributed by atoms with Crippen LogP contribution in [0.1, 0.15) is 20.8 Å². The fourth-order valence-electron chi connectivity index (χ4n) is 2.01. The van der Waals surface area contributed by atoms with Gasteiger partial charge in [-0.05, 0) is 32.9 Å². The average Bonchev–Trinajstić information content (AvgIpc) is 2.86. The van der Waals surface area contributed by atoms with Gasteiger partial charge in [0.15, 0.2) is 16.5 Å². The zero-order chi connectivity index (χ0) is 17.2. The Hall–Kier alpha value is -2.48. The predicted octanol–water partition coefficient (Wildman–Crippen LogP) is 2.76. The first-order valence-electron chi connectivity index (χ1n) is 6.92. The van der Waals surface area contributed by atoms with E-state index in [0.717, 1.165) is 0 Å². The largest absolute Gasteiger partial charge is 0.370 e. The fraction of sp³-hybridized carbons (Fsp3) is 0.267. The van der Waals surface area contributed by atoms with E-state index in [2.05, 4.69) is 27.0 Å². The number of sulfone groups is 1. The molecule has 0 atom stereocenters. The normalized spacial score (nSPS) is 11.1. The van der Waals surface area contributed by atoms with Crippen LogP contribution in [0, 0.1) is 0 Å². The highest BCUT2D eigenvalue weighted by Gasteiger charge is 2.30. The molecule has 8 heteroatoms. The van der Waals surface area contributed by atoms with E-state index in [1.54, 1.807) is 33.9 Å². The number of hydrogen-bond donors (Lipinski definition) is 1. The number of hydrogen-bond acceptors (Lipinski definition) is 6. The number of rotatable bonds is 5. The van der Waals surface area contributed by atoms with Gasteiger partial charge in [-0.15, -0.1) is 5.10 Å². The molecule has 0 unspecified atom stereocenters. The van der Waals surface area contributed by atoms with Gasteiger partial charge in [-0.3, -0.25) is 4.98 Å². The smallest absolute Gasteiger partial charge is 0.215 e. The van der Waals surface area contributed by atoms with Crippen molar-refractivity contribution in [3.05, 3.63) is 31.1 Å². The summed E-state index contributed by atoms with van der Waals surface area (Å²) in [5, 5.41) is 7.09. The molecule has 0 spiro atoms. The van der Waals surface area contributed by atoms with E-state index in [-0.39, 0.29) is 21.4 Å². The zero-order valence-corrected chi connectivity index (χ0v) is 14.3. The Labute approximate surface area is 135 Å². The highest BCUT2D eigenvalue weighted by Crippen LogP contribution is 2.37. The summed E-state index contributed by atoms with van der Waals surface area (Å²) in [6, 6.07) is 3.06. The summed E-state index contributed by atoms with van der Waals surface area (Å²) >= 11 is 0. The molecular weight excluding hydrogens is 314 g/mol. The zero-order valence-electron chi connectivity index (χ0n) is 13.5. The number of aromatic nitrogens is 3. The van der Waals surface area contributed by atoms with Gasteiger partial charge in [0.2, 0.25) is 9.84 Å². The molecule has 0 aliphatic carbocycles. The van der Waals surface area contributed by atoms with Crippen molar-refractivity contribution in [2.24, 2.45) is 4.99 Å². The summed E-state index contributed by atoms with van der Waals surface area (Å²) in [5.74, 6) is 0.447. The van der Waals surface area contributed by atoms with Gasteiger partial charge in [0.25, 0.3) is 0 Å². The molecule has 0 saturated carbocycles. The molecule has 7 nitrogen and oxygen atoms in total. The first-order valence-corrected chi connectivity index (χ1v) is 8.41. The minimum Gasteiger partial charge on any atom is -0.370 e. The van der Waals surface area contributed by atoms with Crippen LogP contribution in [0.15, 0.2) is 45.9 Å². The maximum absolute atomic E-state index is 13.0. The van der Waals surface area contributed by atoms with Crippen molar-refractivity contribution >= 4 is 32.9 Å². The number of allylic oxidation sites excluding steroid dienone is 1. The fourth-order valence-corrected chi connectivity index (χ4v) is 3.47. The average molecular weight is 333 g/mol. The Balaban J connectivity index is 2.85. The number of aliphatic imine (C=N–C) groups is 1. The summed E-state index contributed by atoms with van der Waals surface area (Å²) in [7, 11) is -2.22. The van der Waals surface area contributed by atoms with Crippen LogP contribution in [-0.4, -0.2) is 35.9 Å². The lowest BCUT2D eigenvalue weighted by molar-refractivity contribution is 0.596. The van der Waals surface area contributed by atoms with Crippen LogP contribution in [0.3, 0.4) is 0 Å². The van der Waals surface area contributed by atoms with Crippen LogP contribution in [0.4, 0.5) is 11.6 Å². The first kappa shape index (κ1) is 16.9. The first-order chi connectivity index (χ1) is 10.8. The molecule has 23 heavy (non-hydrogen) atoms. The lowest BCUT2D eigenvalue weighted by Crippen LogP contribution is -2.05. The molecule has 0 aromatic carbocycles. The second-order valence-electron chi connectivity index (χ2n) is 5.15. The van der Waals surface area contributed by atoms with Crippen LogP contribution in [0.25, 0.3) is 5.70 Å². The number of anilines is 1. The topological polar surface area (TPSA) is 89.2 Å². The third kappa shape index (κ3) is 3.16. The van der Waals surface area contributed by atoms with Crippen LogP contribution in [0.2, 0.25) is 0 Å². The highest BCUT2D eigenvalue weighted by molar-refractivity contribution is 7.91. The lowest BCUT2D eigenvalue weighted by atomic mass is 10.4. The monoisotopic (exact) mass is 333 g/mol. The number of nitrogens with zero attached hydrogens (tertiary/aromatic N) is 4. The number of nitrogens with one attached hydrogen (secondary N) is 1. The highest BCUT2D eigenvalue weighted by atomic mass is 32.2. The quantitative estimate of drug-likeness (QED) is 0.850. The van der Waals surface area contributed by atoms with E-state index in [1.165, 1.54) is 23.1 Å². The SMILES string of the molecule is C=C(C)n1nc(NC)c(S(=O)(=O)c2cccnc2)c1N=C(C)C. The summed E-state index contributed by atoms with van der Waals surface area (Å²) in [6.45, 7) is 9.14. The summed E-state index contributed by atoms with van der Waals surface area (Å²) in [6.07, 6.45) is 2.82. The van der Waals surface area contributed by atoms with Gasteiger partial charge in [-0.2, -0.15) is 0 Å². The van der Waals surface area contributed by atoms with Crippen molar-refractivity contribution in [1.29, 1.82) is 0 Å². The molecule has 122 valence electrons. The van der Waals surface area contributed by atoms with Gasteiger partial charge in [-0.25, -0.2) is 18.1 Å². The van der Waals surface area contributed by atoms with Gasteiger partial charge >= 0.3 is 0 Å². The van der Waals surface area contributed by atoms with Crippen molar-refractivity contribution in [3.63, 3.8) is 0 Å². The Bertz CT molecular complexity index is 863. The minimum atomic E-state index is -3.83. The maximum atomic E-state index is 13.0. The third-order valence-electron chi connectivity index (χ3n) is 2.96. The molecule has 0 radical (unpaired) electrons. The molecule has 2 heterocycles. The Morgan fingerprint density at radius 3 is 2.52 bits per heavy atom. The maximum Gasteiger partial charge on any atom is 0.215 e. The van der Waals surface area contributed by atoms with Gasteiger partial charge in [-0.1, -0.05) is 6.58 Å². The van der Waals surface area contributed by atoms with Crippen LogP contribution >= 0.6 is 0 Å². The van der Waals surface area contributed by atoms with Gasteiger partial charge in [0, 0.05) is 30.9 Å². The van der Waals surface area contributed by atoms with E-state index in [1.807, 2.05) is 0 Å². The molecule has 2 aromatic rings. The minimum absolute atomic E-state index is 0.0113. The van der Waals surface area contributed by atoms with Crippen molar-refractivity contribution in [3.8, 4) is 0 Å². The van der Waals surface area contributed by atoms with Crippen molar-refractivity contribution in [2.75, 3.05) is 12.4 Å². The molecule has 0 aliphatic rings. The molecule has 0 bridgehead atoms. The third-order valence-corrected chi connectivity index (χ3v) is 4.74. The summed E-state index contributed by atoms with van der Waals surface area (Å²) in [5.41, 5.74) is 1.27. The molecule has 0 fully saturated rings. The Kier molecular flexibility index (Phi) is 4.65. The van der Waals surface area contributed by atoms with Gasteiger partial charge in [0.1, 0.15) is 0 Å². The molecule has 2 rings (SSSR count). The molecule has 1 N–H and O–H groups in total. The van der Waals surface area contributed by atoms with Crippen molar-refractivity contribution in [2.45, 2.75) is 30.6 Å². The standard InChI is InChI=1S/C15H19N5O2S/c1-10(2)18-15-13(14(16-5)19-20(15)11(3)4)23(21,22)12-7-6-8-17-9-12/h6-9H,3H2,1-2,4-5H3,(H,16,19). The van der Waals surface area contributed by atoms with Crippen molar-refractivity contribution in [1.82, 2.24) is 14.8 Å². The van der Waals surface area contributed by atoms with E-state index in [0.29, 0.717) is 11.4 Å². The second-order valence-corrected chi connectivity index (χ2v) is 7.04. The molecule has 0 aliphatic heterocycles. The summed E-state index contributed by atoms with van der Waals surface area (Å²) in [4.78, 5) is 8.34. The number of pyridine rings is 1. The Morgan fingerprint density at radius 1 is 1.35 bits per heavy atom. The predicted molar refractivity (Wildman–Crippen MR) is 90.9 cm³/mol. The van der Waals surface area contributed by atoms with E-state index in [4.69, 9.17) is 0 Å². The van der Waals surface area contributed by atoms with Crippen LogP contribution < -0.4 is 5.32 Å². The van der Waals surface area contributed by atoms with Crippen LogP contribution in [0.5, 0.6) is 0 Å². The molecule has 0 saturated heterocycles. The van der Waals surface area contributed by atoms with Gasteiger partial charge < -0.3 is 5.32 Å². The van der Waals surface area contributed by atoms with E-state index in [9.17, 15) is 8.42 Å². The van der Waals surface area contributed by atoms with E-state index >= 15 is 0 Å². The van der Waals surface area contributed by atoms with Crippen molar-refractivity contribution < 1.29 is 8.42 Å². The van der Waals surface area contributed by atoms with Gasteiger partial charge in [0.05, 0.1) is 4.90 Å². The van der Waals surface area contributed by atoms with Crippen LogP contribution in [-0.2, 0) is 9.84 Å². The molecule has 2 aromatic heterocycles. The summed E-state index contributed by atoms with van der Waals surface area (Å²) < 4.78 is 27.5. The molecular formula is C15H19N5O2S. The van der Waals surface area contributed by atoms with E-state index < -0.39 is 9.84 Å². The lowest BCUT2D eigenvalue weighted by Gasteiger charge is -2.07. The Morgan fingerprint density at radius 2 is 2.04 bits per heavy atom. The molecule has 0 amide bonds. The second kappa shape index (κ2) is 6.33.